The molecule has 1 atom stereocenters. The van der Waals surface area contributed by atoms with Crippen LogP contribution >= 0.6 is 0 Å². The summed E-state index contributed by atoms with van der Waals surface area (Å²) in [5, 5.41) is 0. The van der Waals surface area contributed by atoms with E-state index in [-0.39, 0.29) is 6.04 Å². The van der Waals surface area contributed by atoms with Crippen molar-refractivity contribution in [2.45, 2.75) is 26.3 Å². The average molecular weight is 129 g/mol. The van der Waals surface area contributed by atoms with E-state index in [4.69, 9.17) is 10.5 Å². The molecular weight excluding hydrogens is 114 g/mol. The van der Waals surface area contributed by atoms with Crippen molar-refractivity contribution in [2.75, 3.05) is 6.61 Å². The Bertz CT molecular complexity index is 79.0. The first-order valence-corrected chi connectivity index (χ1v) is 3.25. The second-order valence-corrected chi connectivity index (χ2v) is 2.11. The van der Waals surface area contributed by atoms with Crippen molar-refractivity contribution in [3.05, 3.63) is 12.3 Å². The van der Waals surface area contributed by atoms with E-state index in [2.05, 4.69) is 0 Å². The van der Waals surface area contributed by atoms with Crippen LogP contribution < -0.4 is 5.73 Å². The third-order valence-electron chi connectivity index (χ3n) is 0.923. The van der Waals surface area contributed by atoms with Crippen LogP contribution in [0.3, 0.4) is 0 Å². The summed E-state index contributed by atoms with van der Waals surface area (Å²) in [4.78, 5) is 0. The first kappa shape index (κ1) is 8.50. The third-order valence-corrected chi connectivity index (χ3v) is 0.923. The largest absolute Gasteiger partial charge is 0.501 e. The van der Waals surface area contributed by atoms with E-state index in [1.54, 1.807) is 6.26 Å². The minimum atomic E-state index is 0.246. The molecule has 0 amide bonds. The maximum atomic E-state index is 5.47. The van der Waals surface area contributed by atoms with Crippen molar-refractivity contribution in [1.82, 2.24) is 0 Å². The third kappa shape index (κ3) is 7.50. The van der Waals surface area contributed by atoms with Crippen LogP contribution in [0.5, 0.6) is 0 Å². The van der Waals surface area contributed by atoms with Gasteiger partial charge < -0.3 is 10.5 Å². The normalized spacial score (nSPS) is 14.1. The van der Waals surface area contributed by atoms with Crippen molar-refractivity contribution in [3.8, 4) is 0 Å². The maximum absolute atomic E-state index is 5.47. The van der Waals surface area contributed by atoms with E-state index in [0.29, 0.717) is 0 Å². The number of rotatable bonds is 4. The van der Waals surface area contributed by atoms with Gasteiger partial charge in [-0.2, -0.15) is 0 Å². The van der Waals surface area contributed by atoms with Crippen LogP contribution in [0, 0.1) is 0 Å². The molecule has 0 aliphatic carbocycles. The standard InChI is InChI=1S/C7H15NO/c1-3-5-9-6-4-7(2)8/h3,5,7H,4,6,8H2,1-2H3/b5-3-. The lowest BCUT2D eigenvalue weighted by molar-refractivity contribution is 0.237. The van der Waals surface area contributed by atoms with Gasteiger partial charge in [0.25, 0.3) is 0 Å². The minimum Gasteiger partial charge on any atom is -0.501 e. The van der Waals surface area contributed by atoms with Gasteiger partial charge in [0.05, 0.1) is 12.9 Å². The maximum Gasteiger partial charge on any atom is 0.0887 e. The predicted molar refractivity (Wildman–Crippen MR) is 39.0 cm³/mol. The Hall–Kier alpha value is -0.500. The quantitative estimate of drug-likeness (QED) is 0.458. The number of ether oxygens (including phenoxy) is 1. The van der Waals surface area contributed by atoms with Gasteiger partial charge in [0, 0.05) is 6.04 Å². The van der Waals surface area contributed by atoms with Gasteiger partial charge in [-0.15, -0.1) is 0 Å². The van der Waals surface area contributed by atoms with E-state index < -0.39 is 0 Å². The molecule has 2 N–H and O–H groups in total. The summed E-state index contributed by atoms with van der Waals surface area (Å²) in [6, 6.07) is 0.246. The first-order valence-electron chi connectivity index (χ1n) is 3.25. The first-order chi connectivity index (χ1) is 4.27. The summed E-state index contributed by atoms with van der Waals surface area (Å²) >= 11 is 0. The molecule has 0 aromatic carbocycles. The fourth-order valence-corrected chi connectivity index (χ4v) is 0.418. The molecule has 0 heterocycles. The Kier molecular flexibility index (Phi) is 5.32. The second kappa shape index (κ2) is 5.63. The molecule has 0 rings (SSSR count). The van der Waals surface area contributed by atoms with Crippen LogP contribution in [-0.2, 0) is 4.74 Å². The molecule has 0 aliphatic heterocycles. The highest BCUT2D eigenvalue weighted by molar-refractivity contribution is 4.65. The molecule has 9 heavy (non-hydrogen) atoms. The topological polar surface area (TPSA) is 35.2 Å². The number of nitrogens with two attached hydrogens (primary N) is 1. The van der Waals surface area contributed by atoms with E-state index >= 15 is 0 Å². The van der Waals surface area contributed by atoms with Gasteiger partial charge in [-0.1, -0.05) is 6.08 Å². The Morgan fingerprint density at radius 1 is 1.67 bits per heavy atom. The Labute approximate surface area is 56.7 Å². The molecule has 54 valence electrons. The fraction of sp³-hybridized carbons (Fsp3) is 0.714. The van der Waals surface area contributed by atoms with Crippen molar-refractivity contribution < 1.29 is 4.74 Å². The van der Waals surface area contributed by atoms with Crippen molar-refractivity contribution in [3.63, 3.8) is 0 Å². The molecule has 0 aromatic heterocycles. The van der Waals surface area contributed by atoms with E-state index in [9.17, 15) is 0 Å². The summed E-state index contributed by atoms with van der Waals surface area (Å²) < 4.78 is 5.03. The summed E-state index contributed by atoms with van der Waals surface area (Å²) in [6.07, 6.45) is 4.47. The zero-order valence-corrected chi connectivity index (χ0v) is 6.13. The van der Waals surface area contributed by atoms with Crippen LogP contribution in [0.4, 0.5) is 0 Å². The number of allylic oxidation sites excluding steroid dienone is 1. The summed E-state index contributed by atoms with van der Waals surface area (Å²) in [5.74, 6) is 0. The average Bonchev–Trinajstić information content (AvgIpc) is 1.80. The molecular formula is C7H15NO. The van der Waals surface area contributed by atoms with Crippen LogP contribution in [0.15, 0.2) is 12.3 Å². The van der Waals surface area contributed by atoms with Crippen molar-refractivity contribution in [1.29, 1.82) is 0 Å². The second-order valence-electron chi connectivity index (χ2n) is 2.11. The molecule has 2 nitrogen and oxygen atoms in total. The molecule has 1 unspecified atom stereocenters. The van der Waals surface area contributed by atoms with E-state index in [1.165, 1.54) is 0 Å². The highest BCUT2D eigenvalue weighted by Crippen LogP contribution is 1.87. The lowest BCUT2D eigenvalue weighted by atomic mass is 10.3. The van der Waals surface area contributed by atoms with Crippen LogP contribution in [0.1, 0.15) is 20.3 Å². The van der Waals surface area contributed by atoms with Gasteiger partial charge in [0.2, 0.25) is 0 Å². The van der Waals surface area contributed by atoms with Gasteiger partial charge in [0.15, 0.2) is 0 Å². The van der Waals surface area contributed by atoms with E-state index in [1.807, 2.05) is 19.9 Å². The van der Waals surface area contributed by atoms with Crippen LogP contribution in [-0.4, -0.2) is 12.6 Å². The summed E-state index contributed by atoms with van der Waals surface area (Å²) in [6.45, 7) is 4.62. The van der Waals surface area contributed by atoms with E-state index in [0.717, 1.165) is 13.0 Å². The predicted octanol–water partition coefficient (Wildman–Crippen LogP) is 1.27. The van der Waals surface area contributed by atoms with Crippen molar-refractivity contribution in [2.24, 2.45) is 5.73 Å². The fourth-order valence-electron chi connectivity index (χ4n) is 0.418. The van der Waals surface area contributed by atoms with Crippen molar-refractivity contribution >= 4 is 0 Å². The zero-order chi connectivity index (χ0) is 7.11. The SMILES string of the molecule is C/C=C\OCCC(C)N. The van der Waals surface area contributed by atoms with Crippen LogP contribution in [0.25, 0.3) is 0 Å². The summed E-state index contributed by atoms with van der Waals surface area (Å²) in [5.41, 5.74) is 5.47. The molecule has 2 heteroatoms. The van der Waals surface area contributed by atoms with Gasteiger partial charge in [-0.25, -0.2) is 0 Å². The minimum absolute atomic E-state index is 0.246. The number of hydrogen-bond acceptors (Lipinski definition) is 2. The highest BCUT2D eigenvalue weighted by atomic mass is 16.5. The van der Waals surface area contributed by atoms with Crippen LogP contribution in [0.2, 0.25) is 0 Å². The molecule has 0 aromatic rings. The molecule has 0 saturated carbocycles. The zero-order valence-electron chi connectivity index (χ0n) is 6.13. The molecule has 0 fully saturated rings. The smallest absolute Gasteiger partial charge is 0.0887 e. The molecule has 0 bridgehead atoms. The highest BCUT2D eigenvalue weighted by Gasteiger charge is 1.90. The van der Waals surface area contributed by atoms with Gasteiger partial charge >= 0.3 is 0 Å². The Balaban J connectivity index is 2.91. The number of hydrogen-bond donors (Lipinski definition) is 1. The molecule has 0 radical (unpaired) electrons. The molecule has 0 spiro atoms. The summed E-state index contributed by atoms with van der Waals surface area (Å²) in [7, 11) is 0. The van der Waals surface area contributed by atoms with Gasteiger partial charge in [0.1, 0.15) is 0 Å². The monoisotopic (exact) mass is 129 g/mol. The molecule has 0 aliphatic rings. The Morgan fingerprint density at radius 3 is 2.78 bits per heavy atom. The lowest BCUT2D eigenvalue weighted by Crippen LogP contribution is -2.16. The van der Waals surface area contributed by atoms with Gasteiger partial charge in [-0.3, -0.25) is 0 Å². The van der Waals surface area contributed by atoms with Gasteiger partial charge in [-0.05, 0) is 20.3 Å². The lowest BCUT2D eigenvalue weighted by Gasteiger charge is -2.02. The Morgan fingerprint density at radius 2 is 2.33 bits per heavy atom. The molecule has 0 saturated heterocycles.